The van der Waals surface area contributed by atoms with Crippen molar-refractivity contribution < 1.29 is 0 Å². The highest BCUT2D eigenvalue weighted by Crippen LogP contribution is 2.52. The fourth-order valence-electron chi connectivity index (χ4n) is 12.8. The molecule has 0 N–H and O–H groups in total. The second-order valence-electron chi connectivity index (χ2n) is 19.1. The lowest BCUT2D eigenvalue weighted by Gasteiger charge is -2.31. The summed E-state index contributed by atoms with van der Waals surface area (Å²) in [5, 5.41) is 28.1. The molecule has 0 saturated carbocycles. The predicted octanol–water partition coefficient (Wildman–Crippen LogP) is 19.6. The minimum absolute atomic E-state index is 1.12. The van der Waals surface area contributed by atoms with Crippen LogP contribution in [0.3, 0.4) is 0 Å². The van der Waals surface area contributed by atoms with Gasteiger partial charge in [0.1, 0.15) is 0 Å². The Balaban J connectivity index is 0.954. The Bertz CT molecular complexity index is 4360. The summed E-state index contributed by atoms with van der Waals surface area (Å²) in [5.74, 6) is 0. The Labute approximate surface area is 403 Å². The van der Waals surface area contributed by atoms with Crippen LogP contribution in [0, 0.1) is 0 Å². The molecule has 0 saturated heterocycles. The highest BCUT2D eigenvalue weighted by Gasteiger charge is 2.25. The standard InChI is InChI=1S/C68H40N2/c1-3-17-45(18-4-1)69(61-39-35-53-49-23-9-15-41-13-7-21-47(63(41)49)51-25-11-27-55(61)67(51)53)59-37-31-43-30-34-58-60(38-32-44-29-33-57(59)65(43)66(44)58)70(46-19-5-2-6-20-46)62-40-36-54-50-24-10-16-42-14-8-22-48(64(42)50)52-26-12-28-56(62)68(52)54/h1-40H. The third kappa shape index (κ3) is 5.06. The number of hydrogen-bond acceptors (Lipinski definition) is 2. The summed E-state index contributed by atoms with van der Waals surface area (Å²) in [6.07, 6.45) is 0. The minimum Gasteiger partial charge on any atom is -0.309 e. The van der Waals surface area contributed by atoms with E-state index in [1.165, 1.54) is 118 Å². The molecule has 16 rings (SSSR count). The molecule has 0 bridgehead atoms. The third-order valence-electron chi connectivity index (χ3n) is 15.6. The van der Waals surface area contributed by atoms with Gasteiger partial charge in [0.2, 0.25) is 0 Å². The maximum absolute atomic E-state index is 2.50. The fourth-order valence-corrected chi connectivity index (χ4v) is 12.8. The highest BCUT2D eigenvalue weighted by molar-refractivity contribution is 6.36. The first-order valence-corrected chi connectivity index (χ1v) is 24.3. The van der Waals surface area contributed by atoms with Crippen molar-refractivity contribution in [1.82, 2.24) is 0 Å². The molecule has 0 aliphatic carbocycles. The van der Waals surface area contributed by atoms with E-state index in [9.17, 15) is 0 Å². The average Bonchev–Trinajstić information content (AvgIpc) is 3.42. The lowest BCUT2D eigenvalue weighted by Crippen LogP contribution is -2.12. The van der Waals surface area contributed by atoms with E-state index in [2.05, 4.69) is 252 Å². The second kappa shape index (κ2) is 14.1. The first kappa shape index (κ1) is 37.8. The van der Waals surface area contributed by atoms with Crippen LogP contribution in [0.2, 0.25) is 0 Å². The van der Waals surface area contributed by atoms with Crippen LogP contribution in [0.4, 0.5) is 34.1 Å². The van der Waals surface area contributed by atoms with Crippen LogP contribution in [0.15, 0.2) is 243 Å². The van der Waals surface area contributed by atoms with E-state index in [1.807, 2.05) is 0 Å². The smallest absolute Gasteiger partial charge is 0.0540 e. The zero-order valence-corrected chi connectivity index (χ0v) is 38.0. The van der Waals surface area contributed by atoms with Gasteiger partial charge in [-0.1, -0.05) is 194 Å². The fraction of sp³-hybridized carbons (Fsp3) is 0. The molecule has 0 fully saturated rings. The van der Waals surface area contributed by atoms with E-state index in [-0.39, 0.29) is 0 Å². The van der Waals surface area contributed by atoms with E-state index in [4.69, 9.17) is 0 Å². The van der Waals surface area contributed by atoms with Crippen LogP contribution in [-0.4, -0.2) is 0 Å². The summed E-state index contributed by atoms with van der Waals surface area (Å²) in [5.41, 5.74) is 6.85. The molecule has 0 aliphatic rings. The molecule has 0 aliphatic heterocycles. The van der Waals surface area contributed by atoms with Gasteiger partial charge in [0.25, 0.3) is 0 Å². The lowest BCUT2D eigenvalue weighted by atomic mass is 9.88. The van der Waals surface area contributed by atoms with Crippen molar-refractivity contribution in [1.29, 1.82) is 0 Å². The largest absolute Gasteiger partial charge is 0.309 e. The molecule has 0 unspecified atom stereocenters. The number of rotatable bonds is 6. The maximum atomic E-state index is 2.50. The molecule has 0 amide bonds. The summed E-state index contributed by atoms with van der Waals surface area (Å²) in [6.45, 7) is 0. The number of para-hydroxylation sites is 2. The molecule has 70 heavy (non-hydrogen) atoms. The van der Waals surface area contributed by atoms with Crippen LogP contribution < -0.4 is 9.80 Å². The summed E-state index contributed by atoms with van der Waals surface area (Å²) in [6, 6.07) is 90.7. The highest BCUT2D eigenvalue weighted by atomic mass is 15.2. The number of fused-ring (bicyclic) bond motifs is 4. The lowest BCUT2D eigenvalue weighted by molar-refractivity contribution is 1.31. The zero-order valence-electron chi connectivity index (χ0n) is 38.0. The van der Waals surface area contributed by atoms with E-state index in [1.54, 1.807) is 0 Å². The van der Waals surface area contributed by atoms with Gasteiger partial charge in [0.15, 0.2) is 0 Å². The maximum Gasteiger partial charge on any atom is 0.0540 e. The molecular weight excluding hydrogens is 845 g/mol. The van der Waals surface area contributed by atoms with Gasteiger partial charge < -0.3 is 9.80 Å². The Morgan fingerprint density at radius 2 is 0.414 bits per heavy atom. The average molecular weight is 885 g/mol. The van der Waals surface area contributed by atoms with E-state index < -0.39 is 0 Å². The predicted molar refractivity (Wildman–Crippen MR) is 302 cm³/mol. The molecule has 0 radical (unpaired) electrons. The second-order valence-corrected chi connectivity index (χ2v) is 19.1. The van der Waals surface area contributed by atoms with E-state index in [0.717, 1.165) is 34.1 Å². The number of benzene rings is 16. The van der Waals surface area contributed by atoms with Crippen molar-refractivity contribution in [2.45, 2.75) is 0 Å². The molecule has 0 spiro atoms. The molecule has 2 heteroatoms. The molecule has 0 heterocycles. The minimum atomic E-state index is 1.12. The third-order valence-corrected chi connectivity index (χ3v) is 15.6. The summed E-state index contributed by atoms with van der Waals surface area (Å²) in [4.78, 5) is 5.00. The van der Waals surface area contributed by atoms with Crippen LogP contribution >= 0.6 is 0 Å². The van der Waals surface area contributed by atoms with Gasteiger partial charge in [-0.2, -0.15) is 0 Å². The van der Waals surface area contributed by atoms with Crippen LogP contribution in [0.5, 0.6) is 0 Å². The Morgan fingerprint density at radius 1 is 0.157 bits per heavy atom. The molecule has 16 aromatic rings. The van der Waals surface area contributed by atoms with Crippen LogP contribution in [0.25, 0.3) is 118 Å². The zero-order chi connectivity index (χ0) is 45.6. The summed E-state index contributed by atoms with van der Waals surface area (Å²) < 4.78 is 0. The first-order valence-electron chi connectivity index (χ1n) is 24.3. The van der Waals surface area contributed by atoms with Gasteiger partial charge in [0, 0.05) is 32.9 Å². The van der Waals surface area contributed by atoms with Gasteiger partial charge in [0.05, 0.1) is 22.7 Å². The summed E-state index contributed by atoms with van der Waals surface area (Å²) in [7, 11) is 0. The van der Waals surface area contributed by atoms with E-state index >= 15 is 0 Å². The SMILES string of the molecule is c1ccc(N(c2ccc3c4cccc5cccc(c6cccc2c63)c54)c2ccc3ccc4c(N(c5ccccc5)c5ccc6c7cccc8cccc(c9cccc5c96)c87)ccc5ccc2c3c54)cc1. The molecule has 2 nitrogen and oxygen atoms in total. The van der Waals surface area contributed by atoms with Crippen molar-refractivity contribution in [3.05, 3.63) is 243 Å². The van der Waals surface area contributed by atoms with Gasteiger partial charge in [-0.3, -0.25) is 0 Å². The van der Waals surface area contributed by atoms with Gasteiger partial charge in [-0.05, 0) is 145 Å². The molecular formula is C68H40N2. The normalized spacial score (nSPS) is 12.3. The van der Waals surface area contributed by atoms with Crippen molar-refractivity contribution in [2.75, 3.05) is 9.80 Å². The first-order chi connectivity index (χ1) is 34.8. The van der Waals surface area contributed by atoms with Gasteiger partial charge >= 0.3 is 0 Å². The molecule has 0 aromatic heterocycles. The number of hydrogen-bond donors (Lipinski definition) is 0. The molecule has 16 aromatic carbocycles. The van der Waals surface area contributed by atoms with Crippen LogP contribution in [0.1, 0.15) is 0 Å². The van der Waals surface area contributed by atoms with Crippen molar-refractivity contribution in [3.63, 3.8) is 0 Å². The Morgan fingerprint density at radius 3 is 0.800 bits per heavy atom. The van der Waals surface area contributed by atoms with Gasteiger partial charge in [-0.25, -0.2) is 0 Å². The van der Waals surface area contributed by atoms with Crippen LogP contribution in [-0.2, 0) is 0 Å². The monoisotopic (exact) mass is 884 g/mol. The van der Waals surface area contributed by atoms with E-state index in [0.29, 0.717) is 0 Å². The Hall–Kier alpha value is -9.24. The topological polar surface area (TPSA) is 6.48 Å². The number of nitrogens with zero attached hydrogens (tertiary/aromatic N) is 2. The number of anilines is 6. The quantitative estimate of drug-likeness (QED) is 0.121. The summed E-state index contributed by atoms with van der Waals surface area (Å²) >= 11 is 0. The molecule has 322 valence electrons. The Kier molecular flexibility index (Phi) is 7.64. The van der Waals surface area contributed by atoms with Crippen molar-refractivity contribution >= 4 is 153 Å². The van der Waals surface area contributed by atoms with Gasteiger partial charge in [-0.15, -0.1) is 0 Å². The van der Waals surface area contributed by atoms with Crippen molar-refractivity contribution in [2.24, 2.45) is 0 Å². The molecule has 0 atom stereocenters. The van der Waals surface area contributed by atoms with Crippen molar-refractivity contribution in [3.8, 4) is 0 Å².